The van der Waals surface area contributed by atoms with Crippen LogP contribution in [-0.2, 0) is 14.0 Å². The van der Waals surface area contributed by atoms with Gasteiger partial charge in [-0.1, -0.05) is 6.07 Å². The molecule has 2 fully saturated rings. The van der Waals surface area contributed by atoms with E-state index < -0.39 is 0 Å². The maximum Gasteiger partial charge on any atom is 0.514 e. The number of hydrogen-bond donors (Lipinski definition) is 0. The van der Waals surface area contributed by atoms with Crippen molar-refractivity contribution < 1.29 is 14.0 Å². The van der Waals surface area contributed by atoms with Gasteiger partial charge in [-0.05, 0) is 39.3 Å². The molecule has 2 saturated heterocycles. The van der Waals surface area contributed by atoms with Gasteiger partial charge in [0, 0.05) is 12.1 Å². The minimum absolute atomic E-state index is 0.331. The van der Waals surface area contributed by atoms with E-state index in [1.165, 1.54) is 5.56 Å². The Kier molecular flexibility index (Phi) is 2.96. The first-order valence-electron chi connectivity index (χ1n) is 6.79. The van der Waals surface area contributed by atoms with Crippen LogP contribution in [0.2, 0.25) is 0 Å². The number of aromatic nitrogens is 1. The molecule has 2 aliphatic rings. The fourth-order valence-electron chi connectivity index (χ4n) is 2.34. The molecule has 102 valence electrons. The third-order valence-corrected chi connectivity index (χ3v) is 4.43. The molecule has 0 amide bonds. The quantitative estimate of drug-likeness (QED) is 0.756. The van der Waals surface area contributed by atoms with Crippen molar-refractivity contribution in [3.8, 4) is 0 Å². The van der Waals surface area contributed by atoms with E-state index in [9.17, 15) is 0 Å². The van der Waals surface area contributed by atoms with Gasteiger partial charge in [0.05, 0.1) is 30.0 Å². The van der Waals surface area contributed by atoms with Crippen LogP contribution >= 0.6 is 0 Å². The lowest BCUT2D eigenvalue weighted by Crippen LogP contribution is -2.42. The first-order chi connectivity index (χ1) is 8.91. The topological polar surface area (TPSA) is 40.6 Å². The van der Waals surface area contributed by atoms with Crippen LogP contribution in [-0.4, -0.2) is 36.5 Å². The summed E-state index contributed by atoms with van der Waals surface area (Å²) in [5.74, 6) is 0.419. The highest BCUT2D eigenvalue weighted by Crippen LogP contribution is 2.37. The van der Waals surface area contributed by atoms with E-state index in [1.807, 2.05) is 6.07 Å². The van der Waals surface area contributed by atoms with Crippen molar-refractivity contribution in [1.82, 2.24) is 4.98 Å². The fourth-order valence-corrected chi connectivity index (χ4v) is 2.34. The zero-order valence-corrected chi connectivity index (χ0v) is 12.0. The predicted octanol–water partition coefficient (Wildman–Crippen LogP) is 1.49. The molecule has 3 heterocycles. The van der Waals surface area contributed by atoms with E-state index in [0.717, 1.165) is 18.8 Å². The van der Waals surface area contributed by atoms with Crippen LogP contribution in [0.5, 0.6) is 0 Å². The Bertz CT molecular complexity index is 469. The van der Waals surface area contributed by atoms with Crippen molar-refractivity contribution in [2.24, 2.45) is 0 Å². The third kappa shape index (κ3) is 2.10. The molecule has 0 aliphatic carbocycles. The zero-order chi connectivity index (χ0) is 13.7. The summed E-state index contributed by atoms with van der Waals surface area (Å²) in [6.07, 6.45) is 1.80. The SMILES string of the molecule is CC1(C)OB(c2ncccc2C2COC2)OC1(C)C. The van der Waals surface area contributed by atoms with Crippen molar-refractivity contribution in [3.05, 3.63) is 23.9 Å². The molecule has 4 nitrogen and oxygen atoms in total. The van der Waals surface area contributed by atoms with E-state index in [4.69, 9.17) is 14.0 Å². The molecule has 2 aliphatic heterocycles. The van der Waals surface area contributed by atoms with E-state index >= 15 is 0 Å². The van der Waals surface area contributed by atoms with Gasteiger partial charge >= 0.3 is 7.12 Å². The van der Waals surface area contributed by atoms with Crippen LogP contribution in [0.15, 0.2) is 18.3 Å². The largest absolute Gasteiger partial charge is 0.514 e. The second kappa shape index (κ2) is 4.30. The second-order valence-corrected chi connectivity index (χ2v) is 6.30. The van der Waals surface area contributed by atoms with Gasteiger partial charge in [0.1, 0.15) is 0 Å². The summed E-state index contributed by atoms with van der Waals surface area (Å²) in [6.45, 7) is 9.75. The summed E-state index contributed by atoms with van der Waals surface area (Å²) in [4.78, 5) is 4.49. The molecule has 0 bridgehead atoms. The molecule has 0 radical (unpaired) electrons. The van der Waals surface area contributed by atoms with Crippen LogP contribution in [0, 0.1) is 0 Å². The minimum Gasteiger partial charge on any atom is -0.398 e. The second-order valence-electron chi connectivity index (χ2n) is 6.30. The highest BCUT2D eigenvalue weighted by molar-refractivity contribution is 6.61. The number of ether oxygens (including phenoxy) is 1. The van der Waals surface area contributed by atoms with Crippen LogP contribution in [0.3, 0.4) is 0 Å². The molecule has 0 unspecified atom stereocenters. The number of nitrogens with zero attached hydrogens (tertiary/aromatic N) is 1. The highest BCUT2D eigenvalue weighted by Gasteiger charge is 2.53. The molecule has 3 rings (SSSR count). The van der Waals surface area contributed by atoms with Crippen LogP contribution < -0.4 is 5.59 Å². The first-order valence-corrected chi connectivity index (χ1v) is 6.79. The van der Waals surface area contributed by atoms with Gasteiger partial charge in [0.15, 0.2) is 0 Å². The van der Waals surface area contributed by atoms with Gasteiger partial charge in [0.25, 0.3) is 0 Å². The monoisotopic (exact) mass is 261 g/mol. The Morgan fingerprint density at radius 2 is 1.79 bits per heavy atom. The Morgan fingerprint density at radius 1 is 1.16 bits per heavy atom. The molecule has 0 spiro atoms. The van der Waals surface area contributed by atoms with Gasteiger partial charge in [-0.3, -0.25) is 4.98 Å². The fraction of sp³-hybridized carbons (Fsp3) is 0.643. The van der Waals surface area contributed by atoms with Crippen LogP contribution in [0.25, 0.3) is 0 Å². The van der Waals surface area contributed by atoms with Crippen molar-refractivity contribution in [2.45, 2.75) is 44.8 Å². The van der Waals surface area contributed by atoms with Gasteiger partial charge in [-0.15, -0.1) is 0 Å². The summed E-state index contributed by atoms with van der Waals surface area (Å²) in [6, 6.07) is 4.06. The van der Waals surface area contributed by atoms with E-state index in [-0.39, 0.29) is 18.3 Å². The maximum absolute atomic E-state index is 6.08. The number of pyridine rings is 1. The molecule has 1 aromatic rings. The average molecular weight is 261 g/mol. The molecule has 19 heavy (non-hydrogen) atoms. The highest BCUT2D eigenvalue weighted by atomic mass is 16.7. The summed E-state index contributed by atoms with van der Waals surface area (Å²) < 4.78 is 17.4. The maximum atomic E-state index is 6.08. The van der Waals surface area contributed by atoms with Crippen molar-refractivity contribution in [3.63, 3.8) is 0 Å². The van der Waals surface area contributed by atoms with Gasteiger partial charge in [0.2, 0.25) is 0 Å². The lowest BCUT2D eigenvalue weighted by molar-refractivity contribution is 0.00578. The van der Waals surface area contributed by atoms with Crippen LogP contribution in [0.1, 0.15) is 39.2 Å². The van der Waals surface area contributed by atoms with E-state index in [2.05, 4.69) is 38.7 Å². The van der Waals surface area contributed by atoms with Crippen molar-refractivity contribution in [2.75, 3.05) is 13.2 Å². The Balaban J connectivity index is 1.91. The van der Waals surface area contributed by atoms with Crippen molar-refractivity contribution in [1.29, 1.82) is 0 Å². The Labute approximate surface area is 114 Å². The number of hydrogen-bond acceptors (Lipinski definition) is 4. The molecular formula is C14H20BNO3. The van der Waals surface area contributed by atoms with E-state index in [1.54, 1.807) is 6.20 Å². The summed E-state index contributed by atoms with van der Waals surface area (Å²) >= 11 is 0. The predicted molar refractivity (Wildman–Crippen MR) is 73.5 cm³/mol. The lowest BCUT2D eigenvalue weighted by atomic mass is 9.77. The van der Waals surface area contributed by atoms with Gasteiger partial charge < -0.3 is 14.0 Å². The first kappa shape index (κ1) is 13.1. The lowest BCUT2D eigenvalue weighted by Gasteiger charge is -2.32. The third-order valence-electron chi connectivity index (χ3n) is 4.43. The zero-order valence-electron chi connectivity index (χ0n) is 12.0. The van der Waals surface area contributed by atoms with Gasteiger partial charge in [-0.25, -0.2) is 0 Å². The van der Waals surface area contributed by atoms with E-state index in [0.29, 0.717) is 5.92 Å². The Morgan fingerprint density at radius 3 is 2.32 bits per heavy atom. The summed E-state index contributed by atoms with van der Waals surface area (Å²) in [5.41, 5.74) is 1.42. The summed E-state index contributed by atoms with van der Waals surface area (Å²) in [7, 11) is -0.387. The molecule has 1 aromatic heterocycles. The molecule has 0 saturated carbocycles. The molecular weight excluding hydrogens is 241 g/mol. The minimum atomic E-state index is -0.387. The molecule has 0 atom stereocenters. The van der Waals surface area contributed by atoms with Gasteiger partial charge in [-0.2, -0.15) is 0 Å². The average Bonchev–Trinajstić information content (AvgIpc) is 2.46. The molecule has 0 aromatic carbocycles. The normalized spacial score (nSPS) is 25.4. The smallest absolute Gasteiger partial charge is 0.398 e. The standard InChI is InChI=1S/C14H20BNO3/c1-13(2)14(3,4)19-15(18-13)12-11(6-5-7-16-12)10-8-17-9-10/h5-7,10H,8-9H2,1-4H3. The molecule has 5 heteroatoms. The number of rotatable bonds is 2. The Hall–Kier alpha value is -0.905. The van der Waals surface area contributed by atoms with Crippen LogP contribution in [0.4, 0.5) is 0 Å². The molecule has 0 N–H and O–H groups in total. The van der Waals surface area contributed by atoms with Crippen molar-refractivity contribution >= 4 is 12.7 Å². The summed E-state index contributed by atoms with van der Waals surface area (Å²) in [5, 5.41) is 0.